The van der Waals surface area contributed by atoms with Gasteiger partial charge in [0, 0.05) is 17.9 Å². The molecule has 16 heavy (non-hydrogen) atoms. The first-order valence-corrected chi connectivity index (χ1v) is 6.60. The highest BCUT2D eigenvalue weighted by Crippen LogP contribution is 2.18. The van der Waals surface area contributed by atoms with E-state index in [1.165, 1.54) is 19.3 Å². The van der Waals surface area contributed by atoms with Crippen LogP contribution in [0.1, 0.15) is 66.7 Å². The van der Waals surface area contributed by atoms with E-state index in [0.29, 0.717) is 11.8 Å². The second-order valence-corrected chi connectivity index (χ2v) is 5.95. The summed E-state index contributed by atoms with van der Waals surface area (Å²) in [5.41, 5.74) is -0.154. The number of nitrogens with one attached hydrogen (secondary N) is 1. The maximum absolute atomic E-state index is 11.6. The molecule has 0 saturated heterocycles. The molecule has 0 aromatic rings. The number of rotatable bonds is 8. The summed E-state index contributed by atoms with van der Waals surface area (Å²) in [7, 11) is 0. The Kier molecular flexibility index (Phi) is 7.65. The largest absolute Gasteiger partial charge is 0.315 e. The van der Waals surface area contributed by atoms with Gasteiger partial charge in [0.25, 0.3) is 0 Å². The first-order chi connectivity index (χ1) is 7.34. The van der Waals surface area contributed by atoms with Crippen LogP contribution in [0.15, 0.2) is 0 Å². The Morgan fingerprint density at radius 3 is 2.12 bits per heavy atom. The van der Waals surface area contributed by atoms with Crippen LogP contribution in [0, 0.1) is 5.41 Å². The van der Waals surface area contributed by atoms with Crippen LogP contribution < -0.4 is 5.32 Å². The lowest BCUT2D eigenvalue weighted by Crippen LogP contribution is -2.23. The van der Waals surface area contributed by atoms with Gasteiger partial charge < -0.3 is 5.32 Å². The number of carbonyl (C=O) groups is 1. The minimum Gasteiger partial charge on any atom is -0.315 e. The lowest BCUT2D eigenvalue weighted by atomic mass is 9.88. The van der Waals surface area contributed by atoms with Gasteiger partial charge in [-0.3, -0.25) is 4.79 Å². The van der Waals surface area contributed by atoms with E-state index in [9.17, 15) is 4.79 Å². The van der Waals surface area contributed by atoms with Crippen molar-refractivity contribution in [1.29, 1.82) is 0 Å². The third-order valence-corrected chi connectivity index (χ3v) is 2.72. The molecular weight excluding hydrogens is 198 g/mol. The topological polar surface area (TPSA) is 29.1 Å². The normalized spacial score (nSPS) is 12.1. The van der Waals surface area contributed by atoms with Crippen LogP contribution in [-0.4, -0.2) is 18.4 Å². The molecule has 96 valence electrons. The third kappa shape index (κ3) is 8.90. The molecule has 0 atom stereocenters. The van der Waals surface area contributed by atoms with E-state index in [4.69, 9.17) is 0 Å². The van der Waals surface area contributed by atoms with Crippen molar-refractivity contribution in [2.24, 2.45) is 5.41 Å². The Hall–Kier alpha value is -0.370. The van der Waals surface area contributed by atoms with Crippen molar-refractivity contribution >= 4 is 5.78 Å². The summed E-state index contributed by atoms with van der Waals surface area (Å²) in [6.07, 6.45) is 5.44. The van der Waals surface area contributed by atoms with Crippen LogP contribution in [0.25, 0.3) is 0 Å². The predicted molar refractivity (Wildman–Crippen MR) is 70.7 cm³/mol. The van der Waals surface area contributed by atoms with E-state index < -0.39 is 0 Å². The van der Waals surface area contributed by atoms with Crippen LogP contribution in [0.5, 0.6) is 0 Å². The number of hydrogen-bond acceptors (Lipinski definition) is 2. The summed E-state index contributed by atoms with van der Waals surface area (Å²) in [5, 5.41) is 3.40. The van der Waals surface area contributed by atoms with Crippen LogP contribution >= 0.6 is 0 Å². The molecule has 0 aliphatic carbocycles. The van der Waals surface area contributed by atoms with Crippen LogP contribution in [0.3, 0.4) is 0 Å². The van der Waals surface area contributed by atoms with Crippen molar-refractivity contribution in [1.82, 2.24) is 5.32 Å². The fraction of sp³-hybridized carbons (Fsp3) is 0.929. The molecular formula is C14H29NO. The maximum Gasteiger partial charge on any atom is 0.138 e. The summed E-state index contributed by atoms with van der Waals surface area (Å²) in [6.45, 7) is 11.4. The molecule has 1 N–H and O–H groups in total. The zero-order chi connectivity index (χ0) is 12.6. The number of ketones is 1. The van der Waals surface area contributed by atoms with E-state index in [-0.39, 0.29) is 5.41 Å². The Labute approximate surface area is 101 Å². The molecule has 0 rings (SSSR count). The highest BCUT2D eigenvalue weighted by atomic mass is 16.1. The molecule has 0 aromatic carbocycles. The quantitative estimate of drug-likeness (QED) is 0.642. The van der Waals surface area contributed by atoms with Gasteiger partial charge in [0.15, 0.2) is 0 Å². The van der Waals surface area contributed by atoms with Crippen LogP contribution in [-0.2, 0) is 4.79 Å². The molecule has 0 spiro atoms. The molecule has 0 unspecified atom stereocenters. The van der Waals surface area contributed by atoms with E-state index >= 15 is 0 Å². The van der Waals surface area contributed by atoms with Gasteiger partial charge >= 0.3 is 0 Å². The highest BCUT2D eigenvalue weighted by molar-refractivity contribution is 5.83. The monoisotopic (exact) mass is 227 g/mol. The van der Waals surface area contributed by atoms with Crippen molar-refractivity contribution in [3.8, 4) is 0 Å². The lowest BCUT2D eigenvalue weighted by molar-refractivity contribution is -0.126. The molecule has 0 aromatic heterocycles. The van der Waals surface area contributed by atoms with E-state index in [2.05, 4.69) is 19.2 Å². The molecule has 0 bridgehead atoms. The fourth-order valence-corrected chi connectivity index (χ4v) is 1.53. The van der Waals surface area contributed by atoms with Crippen LogP contribution in [0.4, 0.5) is 0 Å². The SMILES string of the molecule is CC(C)NCCCCCCC(=O)C(C)(C)C. The maximum atomic E-state index is 11.6. The standard InChI is InChI=1S/C14H29NO/c1-12(2)15-11-9-7-6-8-10-13(16)14(3,4)5/h12,15H,6-11H2,1-5H3. The van der Waals surface area contributed by atoms with Crippen molar-refractivity contribution in [2.45, 2.75) is 72.8 Å². The van der Waals surface area contributed by atoms with Crippen molar-refractivity contribution in [3.05, 3.63) is 0 Å². The Morgan fingerprint density at radius 2 is 1.62 bits per heavy atom. The van der Waals surface area contributed by atoms with E-state index in [1.807, 2.05) is 20.8 Å². The number of unbranched alkanes of at least 4 members (excludes halogenated alkanes) is 3. The molecule has 0 radical (unpaired) electrons. The minimum atomic E-state index is -0.154. The average Bonchev–Trinajstić information content (AvgIpc) is 2.14. The van der Waals surface area contributed by atoms with Gasteiger partial charge in [0.05, 0.1) is 0 Å². The first-order valence-electron chi connectivity index (χ1n) is 6.60. The molecule has 2 heteroatoms. The van der Waals surface area contributed by atoms with E-state index in [1.54, 1.807) is 0 Å². The molecule has 0 saturated carbocycles. The summed E-state index contributed by atoms with van der Waals surface area (Å²) in [5.74, 6) is 0.396. The smallest absolute Gasteiger partial charge is 0.138 e. The molecule has 0 heterocycles. The van der Waals surface area contributed by atoms with Crippen molar-refractivity contribution in [2.75, 3.05) is 6.54 Å². The zero-order valence-corrected chi connectivity index (χ0v) is 11.7. The van der Waals surface area contributed by atoms with Gasteiger partial charge in [-0.2, -0.15) is 0 Å². The average molecular weight is 227 g/mol. The van der Waals surface area contributed by atoms with Gasteiger partial charge in [-0.15, -0.1) is 0 Å². The number of carbonyl (C=O) groups excluding carboxylic acids is 1. The van der Waals surface area contributed by atoms with Gasteiger partial charge in [0.1, 0.15) is 5.78 Å². The molecule has 2 nitrogen and oxygen atoms in total. The summed E-state index contributed by atoms with van der Waals surface area (Å²) >= 11 is 0. The highest BCUT2D eigenvalue weighted by Gasteiger charge is 2.19. The number of Topliss-reactive ketones (excluding diaryl/α,β-unsaturated/α-hetero) is 1. The zero-order valence-electron chi connectivity index (χ0n) is 11.7. The second kappa shape index (κ2) is 7.83. The van der Waals surface area contributed by atoms with Gasteiger partial charge in [-0.05, 0) is 19.4 Å². The third-order valence-electron chi connectivity index (χ3n) is 2.72. The van der Waals surface area contributed by atoms with E-state index in [0.717, 1.165) is 19.4 Å². The van der Waals surface area contributed by atoms with Crippen molar-refractivity contribution in [3.63, 3.8) is 0 Å². The van der Waals surface area contributed by atoms with Crippen molar-refractivity contribution < 1.29 is 4.79 Å². The Bertz CT molecular complexity index is 191. The fourth-order valence-electron chi connectivity index (χ4n) is 1.53. The van der Waals surface area contributed by atoms with Gasteiger partial charge in [-0.25, -0.2) is 0 Å². The molecule has 0 aliphatic rings. The van der Waals surface area contributed by atoms with Gasteiger partial charge in [0.2, 0.25) is 0 Å². The molecule has 0 fully saturated rings. The summed E-state index contributed by atoms with van der Waals surface area (Å²) < 4.78 is 0. The summed E-state index contributed by atoms with van der Waals surface area (Å²) in [6, 6.07) is 0.586. The molecule has 0 amide bonds. The molecule has 0 aliphatic heterocycles. The first kappa shape index (κ1) is 15.6. The predicted octanol–water partition coefficient (Wildman–Crippen LogP) is 3.55. The summed E-state index contributed by atoms with van der Waals surface area (Å²) in [4.78, 5) is 11.6. The lowest BCUT2D eigenvalue weighted by Gasteiger charge is -2.16. The number of hydrogen-bond donors (Lipinski definition) is 1. The second-order valence-electron chi connectivity index (χ2n) is 5.95. The Balaban J connectivity index is 3.31. The van der Waals surface area contributed by atoms with Crippen LogP contribution in [0.2, 0.25) is 0 Å². The Morgan fingerprint density at radius 1 is 1.06 bits per heavy atom. The minimum absolute atomic E-state index is 0.154. The van der Waals surface area contributed by atoms with Gasteiger partial charge in [-0.1, -0.05) is 47.5 Å².